The lowest BCUT2D eigenvalue weighted by Gasteiger charge is -2.33. The molecule has 0 spiro atoms. The van der Waals surface area contributed by atoms with Crippen LogP contribution in [0.3, 0.4) is 0 Å². The normalized spacial score (nSPS) is 16.0. The van der Waals surface area contributed by atoms with E-state index in [9.17, 15) is 9.59 Å². The standard InChI is InChI=1S/C15H25N3O3/c1-10(11(2)14(20)21)13(19)17-12(15(3,4)5)8-18-7-6-16-9-18/h6-7,9-12H,8H2,1-5H3,(H,17,19)(H,20,21). The van der Waals surface area contributed by atoms with Crippen LogP contribution in [0.2, 0.25) is 0 Å². The third-order valence-corrected chi connectivity index (χ3v) is 3.87. The van der Waals surface area contributed by atoms with Crippen LogP contribution in [0, 0.1) is 17.3 Å². The number of aromatic nitrogens is 2. The van der Waals surface area contributed by atoms with Crippen LogP contribution in [-0.4, -0.2) is 32.6 Å². The van der Waals surface area contributed by atoms with Crippen LogP contribution >= 0.6 is 0 Å². The molecule has 6 nitrogen and oxygen atoms in total. The van der Waals surface area contributed by atoms with Gasteiger partial charge in [-0.05, 0) is 5.41 Å². The Bertz CT molecular complexity index is 477. The number of carboxylic acid groups (broad SMARTS) is 1. The van der Waals surface area contributed by atoms with E-state index in [0.717, 1.165) is 0 Å². The van der Waals surface area contributed by atoms with Crippen LogP contribution in [0.25, 0.3) is 0 Å². The van der Waals surface area contributed by atoms with Crippen LogP contribution in [0.4, 0.5) is 0 Å². The van der Waals surface area contributed by atoms with Crippen LogP contribution in [0.1, 0.15) is 34.6 Å². The summed E-state index contributed by atoms with van der Waals surface area (Å²) in [5, 5.41) is 12.0. The Hall–Kier alpha value is -1.85. The fraction of sp³-hybridized carbons (Fsp3) is 0.667. The molecule has 0 fully saturated rings. The zero-order valence-electron chi connectivity index (χ0n) is 13.3. The highest BCUT2D eigenvalue weighted by molar-refractivity contribution is 5.84. The first-order chi connectivity index (χ1) is 9.62. The van der Waals surface area contributed by atoms with Gasteiger partial charge in [-0.1, -0.05) is 34.6 Å². The van der Waals surface area contributed by atoms with Crippen LogP contribution in [-0.2, 0) is 16.1 Å². The summed E-state index contributed by atoms with van der Waals surface area (Å²) >= 11 is 0. The number of hydrogen-bond acceptors (Lipinski definition) is 3. The predicted molar refractivity (Wildman–Crippen MR) is 79.6 cm³/mol. The number of carbonyl (C=O) groups excluding carboxylic acids is 1. The van der Waals surface area contributed by atoms with Crippen LogP contribution < -0.4 is 5.32 Å². The molecule has 1 rings (SSSR count). The van der Waals surface area contributed by atoms with Gasteiger partial charge in [-0.2, -0.15) is 0 Å². The molecule has 0 bridgehead atoms. The lowest BCUT2D eigenvalue weighted by molar-refractivity contribution is -0.146. The topological polar surface area (TPSA) is 84.2 Å². The minimum absolute atomic E-state index is 0.109. The van der Waals surface area contributed by atoms with Crippen molar-refractivity contribution in [2.45, 2.75) is 47.2 Å². The van der Waals surface area contributed by atoms with Crippen molar-refractivity contribution in [3.8, 4) is 0 Å². The molecule has 0 aliphatic carbocycles. The van der Waals surface area contributed by atoms with Gasteiger partial charge >= 0.3 is 5.97 Å². The second-order valence-electron chi connectivity index (χ2n) is 6.60. The Morgan fingerprint density at radius 1 is 1.29 bits per heavy atom. The molecule has 1 amide bonds. The van der Waals surface area contributed by atoms with E-state index in [1.165, 1.54) is 0 Å². The van der Waals surface area contributed by atoms with E-state index in [1.54, 1.807) is 26.4 Å². The maximum atomic E-state index is 12.3. The summed E-state index contributed by atoms with van der Waals surface area (Å²) in [4.78, 5) is 27.3. The Morgan fingerprint density at radius 2 is 1.90 bits per heavy atom. The van der Waals surface area contributed by atoms with Crippen LogP contribution in [0.15, 0.2) is 18.7 Å². The summed E-state index contributed by atoms with van der Waals surface area (Å²) < 4.78 is 1.90. The molecule has 0 saturated carbocycles. The quantitative estimate of drug-likeness (QED) is 0.837. The first-order valence-electron chi connectivity index (χ1n) is 7.12. The maximum Gasteiger partial charge on any atom is 0.307 e. The van der Waals surface area contributed by atoms with E-state index in [-0.39, 0.29) is 17.4 Å². The Kier molecular flexibility index (Phi) is 5.52. The molecule has 0 radical (unpaired) electrons. The maximum absolute atomic E-state index is 12.3. The summed E-state index contributed by atoms with van der Waals surface area (Å²) in [6.07, 6.45) is 5.24. The summed E-state index contributed by atoms with van der Waals surface area (Å²) in [6.45, 7) is 9.92. The number of hydrogen-bond donors (Lipinski definition) is 2. The van der Waals surface area contributed by atoms with Gasteiger partial charge in [0.2, 0.25) is 5.91 Å². The molecule has 1 aromatic heterocycles. The first-order valence-corrected chi connectivity index (χ1v) is 7.12. The Morgan fingerprint density at radius 3 is 2.33 bits per heavy atom. The minimum atomic E-state index is -0.959. The molecule has 0 saturated heterocycles. The van der Waals surface area contributed by atoms with Gasteiger partial charge in [-0.3, -0.25) is 9.59 Å². The average molecular weight is 295 g/mol. The zero-order valence-corrected chi connectivity index (χ0v) is 13.3. The van der Waals surface area contributed by atoms with Crippen molar-refractivity contribution in [3.63, 3.8) is 0 Å². The minimum Gasteiger partial charge on any atom is -0.481 e. The molecule has 3 atom stereocenters. The summed E-state index contributed by atoms with van der Waals surface area (Å²) in [6, 6.07) is -0.109. The predicted octanol–water partition coefficient (Wildman–Crippen LogP) is 1.77. The van der Waals surface area contributed by atoms with E-state index >= 15 is 0 Å². The van der Waals surface area contributed by atoms with Gasteiger partial charge < -0.3 is 15.0 Å². The van der Waals surface area contributed by atoms with Gasteiger partial charge in [0.1, 0.15) is 0 Å². The number of aliphatic carboxylic acids is 1. The van der Waals surface area contributed by atoms with Crippen molar-refractivity contribution < 1.29 is 14.7 Å². The van der Waals surface area contributed by atoms with Gasteiger partial charge in [0.25, 0.3) is 0 Å². The van der Waals surface area contributed by atoms with Crippen molar-refractivity contribution in [3.05, 3.63) is 18.7 Å². The first kappa shape index (κ1) is 17.2. The smallest absolute Gasteiger partial charge is 0.307 e. The molecule has 0 aromatic carbocycles. The molecule has 0 aliphatic rings. The molecule has 1 aromatic rings. The third kappa shape index (κ3) is 4.88. The molecule has 6 heteroatoms. The van der Waals surface area contributed by atoms with Gasteiger partial charge in [0, 0.05) is 24.9 Å². The molecule has 2 N–H and O–H groups in total. The van der Waals surface area contributed by atoms with E-state index in [2.05, 4.69) is 10.3 Å². The molecular formula is C15H25N3O3. The summed E-state index contributed by atoms with van der Waals surface area (Å²) in [7, 11) is 0. The van der Waals surface area contributed by atoms with Gasteiger partial charge in [0.05, 0.1) is 18.3 Å². The second kappa shape index (κ2) is 6.74. The van der Waals surface area contributed by atoms with Gasteiger partial charge in [0.15, 0.2) is 0 Å². The van der Waals surface area contributed by atoms with Crippen LogP contribution in [0.5, 0.6) is 0 Å². The fourth-order valence-electron chi connectivity index (χ4n) is 1.89. The molecule has 3 unspecified atom stereocenters. The van der Waals surface area contributed by atoms with Crippen molar-refractivity contribution in [2.75, 3.05) is 0 Å². The molecule has 21 heavy (non-hydrogen) atoms. The number of imidazole rings is 1. The highest BCUT2D eigenvalue weighted by Gasteiger charge is 2.31. The van der Waals surface area contributed by atoms with Gasteiger partial charge in [-0.25, -0.2) is 4.98 Å². The molecular weight excluding hydrogens is 270 g/mol. The van der Waals surface area contributed by atoms with E-state index < -0.39 is 17.8 Å². The summed E-state index contributed by atoms with van der Waals surface area (Å²) in [5.74, 6) is -2.47. The van der Waals surface area contributed by atoms with Crippen molar-refractivity contribution >= 4 is 11.9 Å². The Labute approximate surface area is 125 Å². The average Bonchev–Trinajstić information content (AvgIpc) is 2.87. The summed E-state index contributed by atoms with van der Waals surface area (Å²) in [5.41, 5.74) is -0.147. The Balaban J connectivity index is 2.77. The number of nitrogens with one attached hydrogen (secondary N) is 1. The van der Waals surface area contributed by atoms with E-state index in [0.29, 0.717) is 6.54 Å². The van der Waals surface area contributed by atoms with Crippen molar-refractivity contribution in [2.24, 2.45) is 17.3 Å². The number of nitrogens with zero attached hydrogens (tertiary/aromatic N) is 2. The van der Waals surface area contributed by atoms with E-state index in [1.807, 2.05) is 31.5 Å². The second-order valence-corrected chi connectivity index (χ2v) is 6.60. The number of rotatable bonds is 6. The largest absolute Gasteiger partial charge is 0.481 e. The lowest BCUT2D eigenvalue weighted by atomic mass is 9.85. The van der Waals surface area contributed by atoms with Crippen molar-refractivity contribution in [1.29, 1.82) is 0 Å². The SMILES string of the molecule is CC(C(=O)O)C(C)C(=O)NC(Cn1ccnc1)C(C)(C)C. The number of carbonyl (C=O) groups is 2. The van der Waals surface area contributed by atoms with Crippen molar-refractivity contribution in [1.82, 2.24) is 14.9 Å². The number of amides is 1. The fourth-order valence-corrected chi connectivity index (χ4v) is 1.89. The third-order valence-electron chi connectivity index (χ3n) is 3.87. The van der Waals surface area contributed by atoms with E-state index in [4.69, 9.17) is 5.11 Å². The monoisotopic (exact) mass is 295 g/mol. The zero-order chi connectivity index (χ0) is 16.2. The lowest BCUT2D eigenvalue weighted by Crippen LogP contribution is -2.49. The van der Waals surface area contributed by atoms with Gasteiger partial charge in [-0.15, -0.1) is 0 Å². The molecule has 1 heterocycles. The highest BCUT2D eigenvalue weighted by Crippen LogP contribution is 2.22. The highest BCUT2D eigenvalue weighted by atomic mass is 16.4. The molecule has 0 aliphatic heterocycles. The molecule has 118 valence electrons. The number of carboxylic acids is 1.